The third-order valence-electron chi connectivity index (χ3n) is 3.14. The van der Waals surface area contributed by atoms with Gasteiger partial charge in [-0.15, -0.1) is 0 Å². The Hall–Kier alpha value is -1.44. The number of rotatable bonds is 3. The Kier molecular flexibility index (Phi) is 3.65. The summed E-state index contributed by atoms with van der Waals surface area (Å²) in [4.78, 5) is 15.5. The van der Waals surface area contributed by atoms with Gasteiger partial charge in [0, 0.05) is 18.2 Å². The van der Waals surface area contributed by atoms with Crippen molar-refractivity contribution in [1.82, 2.24) is 9.55 Å². The van der Waals surface area contributed by atoms with Gasteiger partial charge in [-0.2, -0.15) is 4.98 Å². The fraction of sp³-hybridized carbons (Fsp3) is 0.636. The lowest BCUT2D eigenvalue weighted by molar-refractivity contribution is -0.0459. The number of hydrogen-bond donors (Lipinski definition) is 3. The van der Waals surface area contributed by atoms with Crippen molar-refractivity contribution in [1.29, 1.82) is 0 Å². The lowest BCUT2D eigenvalue weighted by Gasteiger charge is -2.15. The quantitative estimate of drug-likeness (QED) is 0.641. The van der Waals surface area contributed by atoms with Gasteiger partial charge in [-0.25, -0.2) is 4.79 Å². The number of aryl methyl sites for hydroxylation is 1. The van der Waals surface area contributed by atoms with Gasteiger partial charge in [0.2, 0.25) is 0 Å². The zero-order valence-corrected chi connectivity index (χ0v) is 10.1. The van der Waals surface area contributed by atoms with Gasteiger partial charge < -0.3 is 20.7 Å². The monoisotopic (exact) mass is 255 g/mol. The highest BCUT2D eigenvalue weighted by Gasteiger charge is 2.35. The van der Waals surface area contributed by atoms with Crippen LogP contribution in [-0.4, -0.2) is 38.6 Å². The molecule has 1 aromatic rings. The second-order valence-corrected chi connectivity index (χ2v) is 4.31. The number of nitrogens with two attached hydrogens (primary N) is 1. The first-order chi connectivity index (χ1) is 8.56. The van der Waals surface area contributed by atoms with Crippen LogP contribution < -0.4 is 11.4 Å². The lowest BCUT2D eigenvalue weighted by atomic mass is 10.2. The van der Waals surface area contributed by atoms with Gasteiger partial charge >= 0.3 is 5.69 Å². The molecule has 0 bridgehead atoms. The van der Waals surface area contributed by atoms with Gasteiger partial charge in [0.15, 0.2) is 0 Å². The molecule has 0 amide bonds. The van der Waals surface area contributed by atoms with Crippen molar-refractivity contribution < 1.29 is 14.9 Å². The second kappa shape index (κ2) is 5.05. The van der Waals surface area contributed by atoms with Crippen molar-refractivity contribution in [2.24, 2.45) is 0 Å². The zero-order valence-electron chi connectivity index (χ0n) is 10.1. The van der Waals surface area contributed by atoms with Crippen LogP contribution in [0.1, 0.15) is 25.1 Å². The van der Waals surface area contributed by atoms with Crippen LogP contribution in [0.4, 0.5) is 5.82 Å². The topological polar surface area (TPSA) is 111 Å². The Morgan fingerprint density at radius 3 is 2.94 bits per heavy atom. The Morgan fingerprint density at radius 1 is 1.67 bits per heavy atom. The Balaban J connectivity index is 2.32. The normalized spacial score (nSPS) is 27.6. The molecule has 0 aliphatic carbocycles. The molecule has 1 aromatic heterocycles. The van der Waals surface area contributed by atoms with E-state index in [1.165, 1.54) is 4.57 Å². The van der Waals surface area contributed by atoms with Gasteiger partial charge in [-0.3, -0.25) is 4.57 Å². The van der Waals surface area contributed by atoms with E-state index in [4.69, 9.17) is 15.6 Å². The van der Waals surface area contributed by atoms with E-state index in [2.05, 4.69) is 4.98 Å². The SMILES string of the molecule is CCc1cn([C@@H]2C[C@@H](O)[C@H](CO)O2)c(=O)nc1N. The van der Waals surface area contributed by atoms with Crippen molar-refractivity contribution in [2.75, 3.05) is 12.3 Å². The summed E-state index contributed by atoms with van der Waals surface area (Å²) in [6.45, 7) is 1.62. The van der Waals surface area contributed by atoms with Crippen molar-refractivity contribution >= 4 is 5.82 Å². The summed E-state index contributed by atoms with van der Waals surface area (Å²) in [6, 6.07) is 0. The molecular weight excluding hydrogens is 238 g/mol. The molecular formula is C11H17N3O4. The molecule has 1 aliphatic rings. The van der Waals surface area contributed by atoms with Crippen LogP contribution >= 0.6 is 0 Å². The fourth-order valence-electron chi connectivity index (χ4n) is 2.05. The summed E-state index contributed by atoms with van der Waals surface area (Å²) in [5.41, 5.74) is 5.86. The van der Waals surface area contributed by atoms with Crippen LogP contribution in [0.5, 0.6) is 0 Å². The highest BCUT2D eigenvalue weighted by Crippen LogP contribution is 2.27. The molecule has 100 valence electrons. The van der Waals surface area contributed by atoms with Crippen molar-refractivity contribution in [3.63, 3.8) is 0 Å². The molecule has 1 saturated heterocycles. The molecule has 0 saturated carbocycles. The molecule has 0 spiro atoms. The first-order valence-corrected chi connectivity index (χ1v) is 5.88. The van der Waals surface area contributed by atoms with Crippen molar-refractivity contribution in [3.05, 3.63) is 22.2 Å². The highest BCUT2D eigenvalue weighted by molar-refractivity contribution is 5.36. The first-order valence-electron chi connectivity index (χ1n) is 5.88. The van der Waals surface area contributed by atoms with Crippen LogP contribution in [0.15, 0.2) is 11.0 Å². The number of aromatic nitrogens is 2. The second-order valence-electron chi connectivity index (χ2n) is 4.31. The van der Waals surface area contributed by atoms with E-state index >= 15 is 0 Å². The molecule has 2 rings (SSSR count). The highest BCUT2D eigenvalue weighted by atomic mass is 16.5. The molecule has 0 unspecified atom stereocenters. The van der Waals surface area contributed by atoms with Gasteiger partial charge in [0.1, 0.15) is 18.1 Å². The van der Waals surface area contributed by atoms with Gasteiger partial charge in [-0.05, 0) is 6.42 Å². The number of aliphatic hydroxyl groups is 2. The molecule has 1 aliphatic heterocycles. The number of hydrogen-bond acceptors (Lipinski definition) is 6. The summed E-state index contributed by atoms with van der Waals surface area (Å²) in [7, 11) is 0. The third kappa shape index (κ3) is 2.24. The summed E-state index contributed by atoms with van der Waals surface area (Å²) >= 11 is 0. The average molecular weight is 255 g/mol. The third-order valence-corrected chi connectivity index (χ3v) is 3.14. The van der Waals surface area contributed by atoms with Crippen LogP contribution in [0.3, 0.4) is 0 Å². The van der Waals surface area contributed by atoms with E-state index in [1.54, 1.807) is 6.20 Å². The summed E-state index contributed by atoms with van der Waals surface area (Å²) in [5.74, 6) is 0.219. The zero-order chi connectivity index (χ0) is 13.3. The molecule has 18 heavy (non-hydrogen) atoms. The number of anilines is 1. The van der Waals surface area contributed by atoms with E-state index in [9.17, 15) is 9.90 Å². The minimum Gasteiger partial charge on any atom is -0.394 e. The maximum Gasteiger partial charge on any atom is 0.351 e. The summed E-state index contributed by atoms with van der Waals surface area (Å²) < 4.78 is 6.72. The van der Waals surface area contributed by atoms with E-state index in [0.29, 0.717) is 6.42 Å². The average Bonchev–Trinajstić information content (AvgIpc) is 2.70. The molecule has 0 radical (unpaired) electrons. The van der Waals surface area contributed by atoms with Gasteiger partial charge in [0.05, 0.1) is 12.7 Å². The largest absolute Gasteiger partial charge is 0.394 e. The Bertz CT molecular complexity index is 488. The maximum atomic E-state index is 11.7. The van der Waals surface area contributed by atoms with E-state index in [-0.39, 0.29) is 18.8 Å². The lowest BCUT2D eigenvalue weighted by Crippen LogP contribution is -2.29. The minimum absolute atomic E-state index is 0.219. The first kappa shape index (κ1) is 13.0. The predicted octanol–water partition coefficient (Wildman–Crippen LogP) is -0.971. The molecule has 0 aromatic carbocycles. The number of nitrogen functional groups attached to an aromatic ring is 1. The van der Waals surface area contributed by atoms with Crippen LogP contribution in [0, 0.1) is 0 Å². The summed E-state index contributed by atoms with van der Waals surface area (Å²) in [6.07, 6.45) is 0.446. The molecule has 2 heterocycles. The van der Waals surface area contributed by atoms with Crippen LogP contribution in [0.25, 0.3) is 0 Å². The summed E-state index contributed by atoms with van der Waals surface area (Å²) in [5, 5.41) is 18.7. The molecule has 3 atom stereocenters. The molecule has 7 heteroatoms. The van der Waals surface area contributed by atoms with Crippen LogP contribution in [-0.2, 0) is 11.2 Å². The van der Waals surface area contributed by atoms with E-state index in [0.717, 1.165) is 5.56 Å². The number of ether oxygens (including phenoxy) is 1. The van der Waals surface area contributed by atoms with Crippen molar-refractivity contribution in [3.8, 4) is 0 Å². The van der Waals surface area contributed by atoms with Gasteiger partial charge in [-0.1, -0.05) is 6.92 Å². The van der Waals surface area contributed by atoms with E-state index in [1.807, 2.05) is 6.92 Å². The molecule has 4 N–H and O–H groups in total. The Morgan fingerprint density at radius 2 is 2.39 bits per heavy atom. The number of aliphatic hydroxyl groups excluding tert-OH is 2. The van der Waals surface area contributed by atoms with Crippen molar-refractivity contribution in [2.45, 2.75) is 38.2 Å². The smallest absolute Gasteiger partial charge is 0.351 e. The van der Waals surface area contributed by atoms with Crippen LogP contribution in [0.2, 0.25) is 0 Å². The van der Waals surface area contributed by atoms with E-state index < -0.39 is 24.1 Å². The maximum absolute atomic E-state index is 11.7. The molecule has 7 nitrogen and oxygen atoms in total. The number of nitrogens with zero attached hydrogens (tertiary/aromatic N) is 2. The van der Waals surface area contributed by atoms with Gasteiger partial charge in [0.25, 0.3) is 0 Å². The molecule has 1 fully saturated rings. The fourth-order valence-corrected chi connectivity index (χ4v) is 2.05. The Labute approximate surface area is 104 Å². The predicted molar refractivity (Wildman–Crippen MR) is 63.9 cm³/mol. The standard InChI is InChI=1S/C11H17N3O4/c1-2-6-4-14(11(17)13-10(6)12)9-3-7(16)8(5-15)18-9/h4,7-9,15-16H,2-3,5H2,1H3,(H2,12,13,17)/t7-,8+,9+/m1/s1. The minimum atomic E-state index is -0.783.